The van der Waals surface area contributed by atoms with Crippen molar-refractivity contribution in [2.24, 2.45) is 0 Å². The zero-order valence-electron chi connectivity index (χ0n) is 7.33. The number of ether oxygens (including phenoxy) is 1. The minimum Gasteiger partial charge on any atom is -0.468 e. The SMILES string of the molecule is CCC(C)N1CC1C(=O)OC. The molecule has 0 bridgehead atoms. The Hall–Kier alpha value is -0.570. The number of methoxy groups -OCH3 is 1. The van der Waals surface area contributed by atoms with Gasteiger partial charge in [-0.1, -0.05) is 6.92 Å². The highest BCUT2D eigenvalue weighted by Gasteiger charge is 2.43. The normalized spacial score (nSPS) is 31.2. The van der Waals surface area contributed by atoms with Crippen molar-refractivity contribution in [3.63, 3.8) is 0 Å². The molecule has 3 nitrogen and oxygen atoms in total. The van der Waals surface area contributed by atoms with Crippen LogP contribution in [-0.4, -0.2) is 36.6 Å². The van der Waals surface area contributed by atoms with E-state index in [9.17, 15) is 4.79 Å². The molecule has 1 heterocycles. The van der Waals surface area contributed by atoms with Gasteiger partial charge in [0.25, 0.3) is 0 Å². The molecular formula is C8H15NO2. The summed E-state index contributed by atoms with van der Waals surface area (Å²) in [7, 11) is 1.44. The average Bonchev–Trinajstić information content (AvgIpc) is 2.80. The van der Waals surface area contributed by atoms with Crippen LogP contribution in [0.3, 0.4) is 0 Å². The number of nitrogens with zero attached hydrogens (tertiary/aromatic N) is 1. The fourth-order valence-corrected chi connectivity index (χ4v) is 1.22. The molecule has 3 heteroatoms. The predicted octanol–water partition coefficient (Wildman–Crippen LogP) is 0.642. The van der Waals surface area contributed by atoms with Gasteiger partial charge in [0.05, 0.1) is 7.11 Å². The first kappa shape index (κ1) is 8.53. The van der Waals surface area contributed by atoms with E-state index < -0.39 is 0 Å². The molecule has 0 spiro atoms. The maximum absolute atomic E-state index is 10.9. The Morgan fingerprint density at radius 3 is 2.91 bits per heavy atom. The number of esters is 1. The molecule has 0 radical (unpaired) electrons. The summed E-state index contributed by atoms with van der Waals surface area (Å²) in [6, 6.07) is 0.564. The van der Waals surface area contributed by atoms with Crippen molar-refractivity contribution in [3.05, 3.63) is 0 Å². The zero-order valence-corrected chi connectivity index (χ0v) is 7.33. The molecule has 1 aliphatic rings. The summed E-state index contributed by atoms with van der Waals surface area (Å²) in [6.45, 7) is 5.13. The van der Waals surface area contributed by atoms with Crippen molar-refractivity contribution < 1.29 is 9.53 Å². The minimum absolute atomic E-state index is 0.0509. The molecule has 3 unspecified atom stereocenters. The number of carbonyl (C=O) groups is 1. The van der Waals surface area contributed by atoms with E-state index in [-0.39, 0.29) is 12.0 Å². The molecule has 1 rings (SSSR count). The van der Waals surface area contributed by atoms with Gasteiger partial charge in [0.2, 0.25) is 0 Å². The fraction of sp³-hybridized carbons (Fsp3) is 0.875. The molecule has 0 amide bonds. The lowest BCUT2D eigenvalue weighted by Crippen LogP contribution is -2.20. The summed E-state index contributed by atoms with van der Waals surface area (Å²) < 4.78 is 4.62. The quantitative estimate of drug-likeness (QED) is 0.445. The molecule has 1 fully saturated rings. The lowest BCUT2D eigenvalue weighted by Gasteiger charge is -2.09. The smallest absolute Gasteiger partial charge is 0.324 e. The Kier molecular flexibility index (Phi) is 2.49. The van der Waals surface area contributed by atoms with Gasteiger partial charge < -0.3 is 4.74 Å². The molecular weight excluding hydrogens is 142 g/mol. The van der Waals surface area contributed by atoms with E-state index in [1.54, 1.807) is 0 Å². The van der Waals surface area contributed by atoms with Crippen molar-refractivity contribution in [2.75, 3.05) is 13.7 Å². The van der Waals surface area contributed by atoms with E-state index in [0.29, 0.717) is 6.04 Å². The van der Waals surface area contributed by atoms with Crippen LogP contribution in [0.15, 0.2) is 0 Å². The Labute approximate surface area is 67.3 Å². The van der Waals surface area contributed by atoms with Gasteiger partial charge in [0.15, 0.2) is 0 Å². The zero-order chi connectivity index (χ0) is 8.43. The standard InChI is InChI=1S/C8H15NO2/c1-4-6(2)9-5-7(9)8(10)11-3/h6-7H,4-5H2,1-3H3. The second kappa shape index (κ2) is 3.22. The molecule has 64 valence electrons. The molecule has 0 aliphatic carbocycles. The Morgan fingerprint density at radius 2 is 2.45 bits per heavy atom. The Morgan fingerprint density at radius 1 is 1.82 bits per heavy atom. The second-order valence-electron chi connectivity index (χ2n) is 2.99. The van der Waals surface area contributed by atoms with Crippen LogP contribution in [0.1, 0.15) is 20.3 Å². The first-order valence-corrected chi connectivity index (χ1v) is 4.04. The van der Waals surface area contributed by atoms with Gasteiger partial charge in [-0.15, -0.1) is 0 Å². The molecule has 11 heavy (non-hydrogen) atoms. The van der Waals surface area contributed by atoms with Crippen LogP contribution >= 0.6 is 0 Å². The number of hydrogen-bond donors (Lipinski definition) is 0. The van der Waals surface area contributed by atoms with Crippen LogP contribution in [-0.2, 0) is 9.53 Å². The molecule has 0 aromatic carbocycles. The van der Waals surface area contributed by atoms with Crippen LogP contribution in [0, 0.1) is 0 Å². The molecule has 1 saturated heterocycles. The molecule has 0 saturated carbocycles. The molecule has 0 aromatic rings. The van der Waals surface area contributed by atoms with Crippen LogP contribution in [0.5, 0.6) is 0 Å². The molecule has 1 aliphatic heterocycles. The van der Waals surface area contributed by atoms with E-state index in [1.807, 2.05) is 0 Å². The van der Waals surface area contributed by atoms with Crippen LogP contribution in [0.4, 0.5) is 0 Å². The van der Waals surface area contributed by atoms with Crippen LogP contribution < -0.4 is 0 Å². The first-order chi connectivity index (χ1) is 5.20. The number of rotatable bonds is 3. The van der Waals surface area contributed by atoms with Gasteiger partial charge >= 0.3 is 5.97 Å². The first-order valence-electron chi connectivity index (χ1n) is 4.04. The largest absolute Gasteiger partial charge is 0.468 e. The lowest BCUT2D eigenvalue weighted by atomic mass is 10.3. The van der Waals surface area contributed by atoms with Gasteiger partial charge in [-0.05, 0) is 13.3 Å². The summed E-state index contributed by atoms with van der Waals surface area (Å²) in [4.78, 5) is 13.1. The maximum atomic E-state index is 10.9. The van der Waals surface area contributed by atoms with Crippen molar-refractivity contribution in [3.8, 4) is 0 Å². The van der Waals surface area contributed by atoms with Gasteiger partial charge in [0, 0.05) is 12.6 Å². The second-order valence-corrected chi connectivity index (χ2v) is 2.99. The highest BCUT2D eigenvalue weighted by molar-refractivity contribution is 5.79. The summed E-state index contributed by atoms with van der Waals surface area (Å²) in [5.74, 6) is -0.0923. The summed E-state index contributed by atoms with van der Waals surface area (Å²) >= 11 is 0. The Balaban J connectivity index is 2.31. The molecule has 0 aromatic heterocycles. The van der Waals surface area contributed by atoms with E-state index in [1.165, 1.54) is 7.11 Å². The highest BCUT2D eigenvalue weighted by atomic mass is 16.5. The minimum atomic E-state index is -0.0923. The predicted molar refractivity (Wildman–Crippen MR) is 42.3 cm³/mol. The lowest BCUT2D eigenvalue weighted by molar-refractivity contribution is -0.141. The van der Waals surface area contributed by atoms with Crippen molar-refractivity contribution in [1.29, 1.82) is 0 Å². The summed E-state index contributed by atoms with van der Waals surface area (Å²) in [6.07, 6.45) is 1.09. The van der Waals surface area contributed by atoms with Crippen molar-refractivity contribution >= 4 is 5.97 Å². The number of carbonyl (C=O) groups excluding carboxylic acids is 1. The maximum Gasteiger partial charge on any atom is 0.324 e. The third kappa shape index (κ3) is 1.71. The van der Waals surface area contributed by atoms with E-state index in [2.05, 4.69) is 23.5 Å². The third-order valence-corrected chi connectivity index (χ3v) is 2.28. The topological polar surface area (TPSA) is 29.3 Å². The molecule has 3 atom stereocenters. The van der Waals surface area contributed by atoms with E-state index in [0.717, 1.165) is 13.0 Å². The van der Waals surface area contributed by atoms with Gasteiger partial charge in [0.1, 0.15) is 6.04 Å². The van der Waals surface area contributed by atoms with Crippen LogP contribution in [0.25, 0.3) is 0 Å². The van der Waals surface area contributed by atoms with Gasteiger partial charge in [-0.3, -0.25) is 9.69 Å². The van der Waals surface area contributed by atoms with Gasteiger partial charge in [-0.25, -0.2) is 0 Å². The summed E-state index contributed by atoms with van der Waals surface area (Å²) in [5, 5.41) is 0. The third-order valence-electron chi connectivity index (χ3n) is 2.28. The summed E-state index contributed by atoms with van der Waals surface area (Å²) in [5.41, 5.74) is 0. The highest BCUT2D eigenvalue weighted by Crippen LogP contribution is 2.23. The van der Waals surface area contributed by atoms with Crippen molar-refractivity contribution in [2.45, 2.75) is 32.4 Å². The van der Waals surface area contributed by atoms with E-state index in [4.69, 9.17) is 0 Å². The average molecular weight is 157 g/mol. The van der Waals surface area contributed by atoms with Crippen molar-refractivity contribution in [1.82, 2.24) is 4.90 Å². The van der Waals surface area contributed by atoms with Gasteiger partial charge in [-0.2, -0.15) is 0 Å². The monoisotopic (exact) mass is 157 g/mol. The van der Waals surface area contributed by atoms with E-state index >= 15 is 0 Å². The van der Waals surface area contributed by atoms with Crippen LogP contribution in [0.2, 0.25) is 0 Å². The number of hydrogen-bond acceptors (Lipinski definition) is 3. The molecule has 0 N–H and O–H groups in total. The Bertz CT molecular complexity index is 158. The fourth-order valence-electron chi connectivity index (χ4n) is 1.22.